The fraction of sp³-hybridized carbons (Fsp3) is 0.393. The van der Waals surface area contributed by atoms with Crippen LogP contribution in [-0.2, 0) is 19.7 Å². The van der Waals surface area contributed by atoms with Crippen molar-refractivity contribution in [3.8, 4) is 5.69 Å². The predicted octanol–water partition coefficient (Wildman–Crippen LogP) is 4.55. The molecule has 0 spiro atoms. The maximum Gasteiger partial charge on any atom is 0.240 e. The van der Waals surface area contributed by atoms with Gasteiger partial charge in [-0.15, -0.1) is 11.8 Å². The highest BCUT2D eigenvalue weighted by molar-refractivity contribution is 8.00. The number of anilines is 1. The van der Waals surface area contributed by atoms with E-state index in [4.69, 9.17) is 9.84 Å². The quantitative estimate of drug-likeness (QED) is 0.459. The maximum absolute atomic E-state index is 15.2. The van der Waals surface area contributed by atoms with Crippen LogP contribution in [0.15, 0.2) is 48.5 Å². The van der Waals surface area contributed by atoms with Crippen LogP contribution in [-0.4, -0.2) is 54.2 Å². The number of halogens is 1. The number of carbonyl (C=O) groups excluding carboxylic acids is 2. The van der Waals surface area contributed by atoms with Crippen LogP contribution in [0, 0.1) is 12.7 Å². The molecule has 9 heteroatoms. The second kappa shape index (κ2) is 11.1. The summed E-state index contributed by atoms with van der Waals surface area (Å²) < 4.78 is 21.9. The standard InChI is InChI=1S/C28H33FN4O3S/c1-18-10-12-19(13-11-18)33-27-24(26(31-33)28(2,3)4)25(20-8-6-7-9-21(20)29)37-17-23(35)32(27)16-22(34)30-14-15-36-5/h6-13,25H,14-17H2,1-5H3,(H,30,34)/t25-/m0/s1. The molecule has 0 unspecified atom stereocenters. The smallest absolute Gasteiger partial charge is 0.240 e. The van der Waals surface area contributed by atoms with Gasteiger partial charge in [0.1, 0.15) is 18.2 Å². The predicted molar refractivity (Wildman–Crippen MR) is 145 cm³/mol. The summed E-state index contributed by atoms with van der Waals surface area (Å²) in [6.07, 6.45) is 0. The van der Waals surface area contributed by atoms with Crippen molar-refractivity contribution in [2.24, 2.45) is 0 Å². The summed E-state index contributed by atoms with van der Waals surface area (Å²) in [5, 5.41) is 7.34. The zero-order chi connectivity index (χ0) is 26.7. The number of fused-ring (bicyclic) bond motifs is 1. The summed E-state index contributed by atoms with van der Waals surface area (Å²) in [4.78, 5) is 28.0. The molecule has 1 aliphatic rings. The van der Waals surface area contributed by atoms with Crippen molar-refractivity contribution in [2.75, 3.05) is 37.5 Å². The van der Waals surface area contributed by atoms with E-state index in [1.54, 1.807) is 30.0 Å². The average Bonchev–Trinajstić information content (AvgIpc) is 3.19. The monoisotopic (exact) mass is 524 g/mol. The lowest BCUT2D eigenvalue weighted by Crippen LogP contribution is -2.43. The number of aromatic nitrogens is 2. The molecular formula is C28H33FN4O3S. The number of benzene rings is 2. The van der Waals surface area contributed by atoms with Crippen LogP contribution in [0.3, 0.4) is 0 Å². The van der Waals surface area contributed by atoms with Crippen molar-refractivity contribution in [3.05, 3.63) is 76.7 Å². The number of amides is 2. The van der Waals surface area contributed by atoms with Crippen molar-refractivity contribution >= 4 is 29.4 Å². The molecule has 0 saturated heterocycles. The summed E-state index contributed by atoms with van der Waals surface area (Å²) in [7, 11) is 1.56. The zero-order valence-corrected chi connectivity index (χ0v) is 22.7. The molecule has 4 rings (SSSR count). The molecule has 1 aromatic heterocycles. The molecule has 0 radical (unpaired) electrons. The van der Waals surface area contributed by atoms with Gasteiger partial charge in [-0.2, -0.15) is 5.10 Å². The fourth-order valence-corrected chi connectivity index (χ4v) is 5.58. The summed E-state index contributed by atoms with van der Waals surface area (Å²) in [5.74, 6) is -0.289. The van der Waals surface area contributed by atoms with Gasteiger partial charge in [0.2, 0.25) is 11.8 Å². The number of hydrogen-bond donors (Lipinski definition) is 1. The second-order valence-electron chi connectivity index (χ2n) is 10.1. The molecule has 0 saturated carbocycles. The third-order valence-corrected chi connectivity index (χ3v) is 7.43. The van der Waals surface area contributed by atoms with Crippen molar-refractivity contribution in [3.63, 3.8) is 0 Å². The topological polar surface area (TPSA) is 76.5 Å². The van der Waals surface area contributed by atoms with Crippen LogP contribution in [0.1, 0.15) is 48.4 Å². The first-order valence-electron chi connectivity index (χ1n) is 12.2. The van der Waals surface area contributed by atoms with Crippen molar-refractivity contribution in [1.82, 2.24) is 15.1 Å². The molecule has 2 amide bonds. The number of rotatable bonds is 7. The molecule has 2 aromatic carbocycles. The van der Waals surface area contributed by atoms with Gasteiger partial charge in [-0.05, 0) is 25.1 Å². The summed E-state index contributed by atoms with van der Waals surface area (Å²) in [6.45, 7) is 8.67. The van der Waals surface area contributed by atoms with E-state index in [0.717, 1.165) is 22.5 Å². The summed E-state index contributed by atoms with van der Waals surface area (Å²) >= 11 is 1.36. The van der Waals surface area contributed by atoms with E-state index in [1.807, 2.05) is 52.0 Å². The zero-order valence-electron chi connectivity index (χ0n) is 21.9. The highest BCUT2D eigenvalue weighted by Gasteiger charge is 2.40. The molecule has 196 valence electrons. The number of hydrogen-bond acceptors (Lipinski definition) is 5. The van der Waals surface area contributed by atoms with E-state index < -0.39 is 10.7 Å². The maximum atomic E-state index is 15.2. The van der Waals surface area contributed by atoms with E-state index in [0.29, 0.717) is 24.5 Å². The highest BCUT2D eigenvalue weighted by atomic mass is 32.2. The average molecular weight is 525 g/mol. The summed E-state index contributed by atoms with van der Waals surface area (Å²) in [5.41, 5.74) is 3.42. The van der Waals surface area contributed by atoms with Crippen LogP contribution in [0.5, 0.6) is 0 Å². The van der Waals surface area contributed by atoms with Gasteiger partial charge < -0.3 is 10.1 Å². The molecule has 0 fully saturated rings. The normalized spacial score (nSPS) is 15.9. The molecule has 1 atom stereocenters. The van der Waals surface area contributed by atoms with E-state index in [1.165, 1.54) is 22.7 Å². The van der Waals surface area contributed by atoms with Crippen molar-refractivity contribution in [1.29, 1.82) is 0 Å². The molecule has 37 heavy (non-hydrogen) atoms. The van der Waals surface area contributed by atoms with Gasteiger partial charge in [0, 0.05) is 30.2 Å². The van der Waals surface area contributed by atoms with Gasteiger partial charge in [-0.1, -0.05) is 56.7 Å². The van der Waals surface area contributed by atoms with E-state index in [9.17, 15) is 9.59 Å². The molecule has 2 heterocycles. The number of carbonyl (C=O) groups is 2. The number of aryl methyl sites for hydroxylation is 1. The number of nitrogens with one attached hydrogen (secondary N) is 1. The Morgan fingerprint density at radius 1 is 1.19 bits per heavy atom. The van der Waals surface area contributed by atoms with Crippen molar-refractivity contribution < 1.29 is 18.7 Å². The first-order valence-corrected chi connectivity index (χ1v) is 13.3. The lowest BCUT2D eigenvalue weighted by molar-refractivity contribution is -0.123. The molecule has 3 aromatic rings. The Balaban J connectivity index is 1.96. The first kappa shape index (κ1) is 26.9. The van der Waals surface area contributed by atoms with Gasteiger partial charge in [0.15, 0.2) is 0 Å². The van der Waals surface area contributed by atoms with Gasteiger partial charge in [-0.25, -0.2) is 9.07 Å². The van der Waals surface area contributed by atoms with Crippen LogP contribution in [0.25, 0.3) is 5.69 Å². The molecule has 7 nitrogen and oxygen atoms in total. The van der Waals surface area contributed by atoms with Crippen LogP contribution < -0.4 is 10.2 Å². The second-order valence-corrected chi connectivity index (χ2v) is 11.2. The summed E-state index contributed by atoms with van der Waals surface area (Å²) in [6, 6.07) is 14.5. The van der Waals surface area contributed by atoms with Gasteiger partial charge >= 0.3 is 0 Å². The molecule has 1 aliphatic heterocycles. The third kappa shape index (κ3) is 5.72. The lowest BCUT2D eigenvalue weighted by atomic mass is 9.87. The molecule has 0 bridgehead atoms. The minimum absolute atomic E-state index is 0.0938. The first-order chi connectivity index (χ1) is 17.6. The Hall–Kier alpha value is -3.17. The SMILES string of the molecule is COCCNC(=O)CN1C(=O)CS[C@@H](c2ccccc2F)c2c(C(C)(C)C)nn(-c3ccc(C)cc3)c21. The highest BCUT2D eigenvalue weighted by Crippen LogP contribution is 2.48. The lowest BCUT2D eigenvalue weighted by Gasteiger charge is -2.24. The number of methoxy groups -OCH3 is 1. The van der Waals surface area contributed by atoms with E-state index in [-0.39, 0.29) is 29.9 Å². The number of nitrogens with zero attached hydrogens (tertiary/aromatic N) is 3. The molecule has 1 N–H and O–H groups in total. The van der Waals surface area contributed by atoms with E-state index >= 15 is 4.39 Å². The Labute approximate surface area is 221 Å². The molecular weight excluding hydrogens is 491 g/mol. The Morgan fingerprint density at radius 3 is 2.54 bits per heavy atom. The minimum atomic E-state index is -0.477. The Bertz CT molecular complexity index is 1280. The third-order valence-electron chi connectivity index (χ3n) is 6.20. The Kier molecular flexibility index (Phi) is 8.04. The Morgan fingerprint density at radius 2 is 1.89 bits per heavy atom. The van der Waals surface area contributed by atoms with E-state index in [2.05, 4.69) is 5.32 Å². The number of thioether (sulfide) groups is 1. The minimum Gasteiger partial charge on any atom is -0.383 e. The number of ether oxygens (including phenoxy) is 1. The van der Waals surface area contributed by atoms with Crippen LogP contribution >= 0.6 is 11.8 Å². The molecule has 0 aliphatic carbocycles. The van der Waals surface area contributed by atoms with Gasteiger partial charge in [-0.3, -0.25) is 14.5 Å². The fourth-order valence-electron chi connectivity index (χ4n) is 4.36. The van der Waals surface area contributed by atoms with Crippen LogP contribution in [0.4, 0.5) is 10.2 Å². The van der Waals surface area contributed by atoms with Crippen molar-refractivity contribution in [2.45, 2.75) is 38.4 Å². The largest absolute Gasteiger partial charge is 0.383 e. The van der Waals surface area contributed by atoms with Gasteiger partial charge in [0.05, 0.1) is 29.0 Å². The van der Waals surface area contributed by atoms with Gasteiger partial charge in [0.25, 0.3) is 0 Å². The van der Waals surface area contributed by atoms with Crippen LogP contribution in [0.2, 0.25) is 0 Å².